The molecule has 7 heteroatoms. The van der Waals surface area contributed by atoms with E-state index in [1.807, 2.05) is 12.1 Å². The van der Waals surface area contributed by atoms with Crippen LogP contribution in [0.4, 0.5) is 10.1 Å². The van der Waals surface area contributed by atoms with E-state index in [-0.39, 0.29) is 5.82 Å². The average molecular weight is 412 g/mol. The Balaban J connectivity index is 1.55. The Morgan fingerprint density at radius 2 is 1.81 bits per heavy atom. The lowest BCUT2D eigenvalue weighted by molar-refractivity contribution is 0.278. The third-order valence-corrected chi connectivity index (χ3v) is 5.33. The number of rotatable bonds is 3. The Morgan fingerprint density at radius 1 is 1.04 bits per heavy atom. The summed E-state index contributed by atoms with van der Waals surface area (Å²) in [5.74, 6) is -0.257. The van der Waals surface area contributed by atoms with Gasteiger partial charge in [0, 0.05) is 48.5 Å². The van der Waals surface area contributed by atoms with Crippen LogP contribution in [0.25, 0.3) is 0 Å². The maximum absolute atomic E-state index is 13.0. The Kier molecular flexibility index (Phi) is 6.70. The highest BCUT2D eigenvalue weighted by Crippen LogP contribution is 2.23. The molecule has 0 amide bonds. The highest BCUT2D eigenvalue weighted by molar-refractivity contribution is 7.80. The third kappa shape index (κ3) is 5.30. The van der Waals surface area contributed by atoms with Gasteiger partial charge >= 0.3 is 0 Å². The van der Waals surface area contributed by atoms with Crippen LogP contribution in [0.3, 0.4) is 0 Å². The van der Waals surface area contributed by atoms with Crippen molar-refractivity contribution in [3.05, 3.63) is 63.9 Å². The first-order chi connectivity index (χ1) is 12.5. The summed E-state index contributed by atoms with van der Waals surface area (Å²) in [6.45, 7) is 4.39. The Hall–Kier alpha value is -1.40. The first-order valence-electron chi connectivity index (χ1n) is 8.49. The largest absolute Gasteiger partial charge is 0.348 e. The first-order valence-corrected chi connectivity index (χ1v) is 9.65. The zero-order valence-corrected chi connectivity index (χ0v) is 16.5. The molecular formula is C19H20Cl2FN3S. The number of nitrogens with zero attached hydrogens (tertiary/aromatic N) is 2. The minimum atomic E-state index is -0.257. The molecule has 0 saturated carbocycles. The van der Waals surface area contributed by atoms with Crippen LogP contribution in [0, 0.1) is 5.82 Å². The molecule has 0 unspecified atom stereocenters. The van der Waals surface area contributed by atoms with Gasteiger partial charge in [0.05, 0.1) is 0 Å². The van der Waals surface area contributed by atoms with E-state index in [1.54, 1.807) is 18.2 Å². The van der Waals surface area contributed by atoms with Gasteiger partial charge in [-0.2, -0.15) is 0 Å². The molecule has 0 aliphatic carbocycles. The van der Waals surface area contributed by atoms with Gasteiger partial charge in [-0.3, -0.25) is 4.90 Å². The van der Waals surface area contributed by atoms with Crippen LogP contribution >= 0.6 is 35.4 Å². The van der Waals surface area contributed by atoms with Crippen molar-refractivity contribution in [1.82, 2.24) is 9.80 Å². The predicted molar refractivity (Wildman–Crippen MR) is 111 cm³/mol. The molecule has 1 aliphatic rings. The molecule has 0 aromatic heterocycles. The summed E-state index contributed by atoms with van der Waals surface area (Å²) in [6, 6.07) is 11.9. The highest BCUT2D eigenvalue weighted by atomic mass is 35.5. The van der Waals surface area contributed by atoms with Gasteiger partial charge in [0.25, 0.3) is 0 Å². The lowest BCUT2D eigenvalue weighted by atomic mass is 10.2. The Bertz CT molecular complexity index is 770. The highest BCUT2D eigenvalue weighted by Gasteiger charge is 2.18. The minimum Gasteiger partial charge on any atom is -0.348 e. The molecule has 0 bridgehead atoms. The Morgan fingerprint density at radius 3 is 2.54 bits per heavy atom. The SMILES string of the molecule is Fc1ccc(NC(=S)N2CCCN(Cc3ccc(Cl)cc3Cl)CC2)cc1. The van der Waals surface area contributed by atoms with Gasteiger partial charge in [-0.05, 0) is 60.6 Å². The van der Waals surface area contributed by atoms with Gasteiger partial charge in [-0.15, -0.1) is 0 Å². The number of hydrogen-bond donors (Lipinski definition) is 1. The quantitative estimate of drug-likeness (QED) is 0.712. The normalized spacial score (nSPS) is 15.6. The maximum atomic E-state index is 13.0. The van der Waals surface area contributed by atoms with Gasteiger partial charge < -0.3 is 10.2 Å². The zero-order valence-electron chi connectivity index (χ0n) is 14.2. The van der Waals surface area contributed by atoms with Crippen molar-refractivity contribution in [2.75, 3.05) is 31.5 Å². The topological polar surface area (TPSA) is 18.5 Å². The van der Waals surface area contributed by atoms with Gasteiger partial charge in [-0.25, -0.2) is 4.39 Å². The molecule has 0 atom stereocenters. The summed E-state index contributed by atoms with van der Waals surface area (Å²) < 4.78 is 13.0. The van der Waals surface area contributed by atoms with Crippen LogP contribution < -0.4 is 5.32 Å². The van der Waals surface area contributed by atoms with E-state index in [4.69, 9.17) is 35.4 Å². The van der Waals surface area contributed by atoms with E-state index in [0.29, 0.717) is 15.2 Å². The molecule has 138 valence electrons. The number of thiocarbonyl (C=S) groups is 1. The average Bonchev–Trinajstić information content (AvgIpc) is 2.85. The zero-order chi connectivity index (χ0) is 18.5. The fourth-order valence-electron chi connectivity index (χ4n) is 2.96. The summed E-state index contributed by atoms with van der Waals surface area (Å²) in [5, 5.41) is 5.20. The van der Waals surface area contributed by atoms with Crippen molar-refractivity contribution < 1.29 is 4.39 Å². The van der Waals surface area contributed by atoms with Crippen molar-refractivity contribution in [3.63, 3.8) is 0 Å². The molecule has 1 N–H and O–H groups in total. The molecule has 2 aromatic carbocycles. The molecule has 1 aliphatic heterocycles. The smallest absolute Gasteiger partial charge is 0.173 e. The van der Waals surface area contributed by atoms with Crippen LogP contribution in [0.15, 0.2) is 42.5 Å². The lowest BCUT2D eigenvalue weighted by Crippen LogP contribution is -2.37. The monoisotopic (exact) mass is 411 g/mol. The van der Waals surface area contributed by atoms with Crippen LogP contribution in [0.1, 0.15) is 12.0 Å². The molecule has 0 radical (unpaired) electrons. The molecule has 2 aromatic rings. The maximum Gasteiger partial charge on any atom is 0.173 e. The van der Waals surface area contributed by atoms with Crippen molar-refractivity contribution in [2.45, 2.75) is 13.0 Å². The van der Waals surface area contributed by atoms with E-state index in [9.17, 15) is 4.39 Å². The van der Waals surface area contributed by atoms with E-state index in [2.05, 4.69) is 15.1 Å². The molecule has 0 spiro atoms. The molecule has 1 fully saturated rings. The summed E-state index contributed by atoms with van der Waals surface area (Å²) >= 11 is 17.8. The van der Waals surface area contributed by atoms with Gasteiger partial charge in [0.1, 0.15) is 5.82 Å². The molecule has 3 rings (SSSR count). The minimum absolute atomic E-state index is 0.257. The van der Waals surface area contributed by atoms with Gasteiger partial charge in [0.2, 0.25) is 0 Å². The number of benzene rings is 2. The fraction of sp³-hybridized carbons (Fsp3) is 0.316. The van der Waals surface area contributed by atoms with E-state index < -0.39 is 0 Å². The lowest BCUT2D eigenvalue weighted by Gasteiger charge is -2.25. The summed E-state index contributed by atoms with van der Waals surface area (Å²) in [6.07, 6.45) is 1.01. The van der Waals surface area contributed by atoms with E-state index in [1.165, 1.54) is 12.1 Å². The van der Waals surface area contributed by atoms with Gasteiger partial charge in [0.15, 0.2) is 5.11 Å². The second kappa shape index (κ2) is 9.00. The van der Waals surface area contributed by atoms with E-state index in [0.717, 1.165) is 50.4 Å². The summed E-state index contributed by atoms with van der Waals surface area (Å²) in [7, 11) is 0. The molecule has 1 saturated heterocycles. The molecule has 3 nitrogen and oxygen atoms in total. The Labute approximate surface area is 168 Å². The van der Waals surface area contributed by atoms with Gasteiger partial charge in [-0.1, -0.05) is 29.3 Å². The van der Waals surface area contributed by atoms with Crippen LogP contribution in [0.5, 0.6) is 0 Å². The molecule has 1 heterocycles. The first kappa shape index (κ1) is 19.4. The number of anilines is 1. The molecule has 26 heavy (non-hydrogen) atoms. The summed E-state index contributed by atoms with van der Waals surface area (Å²) in [4.78, 5) is 4.53. The predicted octanol–water partition coefficient (Wildman–Crippen LogP) is 5.04. The number of halogens is 3. The van der Waals surface area contributed by atoms with Crippen molar-refractivity contribution in [3.8, 4) is 0 Å². The number of nitrogens with one attached hydrogen (secondary N) is 1. The standard InChI is InChI=1S/C19H20Cl2FN3S/c20-15-3-2-14(18(21)12-15)13-24-8-1-9-25(11-10-24)19(26)23-17-6-4-16(22)5-7-17/h2-7,12H,1,8-11,13H2,(H,23,26). The van der Waals surface area contributed by atoms with E-state index >= 15 is 0 Å². The third-order valence-electron chi connectivity index (χ3n) is 4.38. The fourth-order valence-corrected chi connectivity index (χ4v) is 3.73. The van der Waals surface area contributed by atoms with Crippen molar-refractivity contribution >= 4 is 46.2 Å². The van der Waals surface area contributed by atoms with Crippen LogP contribution in [-0.4, -0.2) is 41.1 Å². The molecular weight excluding hydrogens is 392 g/mol. The second-order valence-electron chi connectivity index (χ2n) is 6.29. The van der Waals surface area contributed by atoms with Crippen molar-refractivity contribution in [2.24, 2.45) is 0 Å². The summed E-state index contributed by atoms with van der Waals surface area (Å²) in [5.41, 5.74) is 1.88. The van der Waals surface area contributed by atoms with Crippen LogP contribution in [0.2, 0.25) is 10.0 Å². The second-order valence-corrected chi connectivity index (χ2v) is 7.52. The van der Waals surface area contributed by atoms with Crippen LogP contribution in [-0.2, 0) is 6.54 Å². The number of hydrogen-bond acceptors (Lipinski definition) is 2. The van der Waals surface area contributed by atoms with Crippen molar-refractivity contribution in [1.29, 1.82) is 0 Å².